The Hall–Kier alpha value is -1.04. The van der Waals surface area contributed by atoms with Crippen molar-refractivity contribution in [1.82, 2.24) is 0 Å². The first-order valence-electron chi connectivity index (χ1n) is 5.63. The van der Waals surface area contributed by atoms with E-state index in [1.165, 1.54) is 32.1 Å². The van der Waals surface area contributed by atoms with Gasteiger partial charge in [-0.3, -0.25) is 0 Å². The van der Waals surface area contributed by atoms with Crippen molar-refractivity contribution in [3.63, 3.8) is 0 Å². The molecule has 0 nitrogen and oxygen atoms in total. The molecular formula is C14H20. The van der Waals surface area contributed by atoms with Crippen molar-refractivity contribution >= 4 is 0 Å². The van der Waals surface area contributed by atoms with E-state index in [0.717, 1.165) is 6.42 Å². The first-order valence-corrected chi connectivity index (χ1v) is 5.63. The lowest BCUT2D eigenvalue weighted by Crippen LogP contribution is -1.73. The Labute approximate surface area is 87.7 Å². The lowest BCUT2D eigenvalue weighted by molar-refractivity contribution is 0.760. The van der Waals surface area contributed by atoms with Crippen molar-refractivity contribution in [3.8, 4) is 0 Å². The summed E-state index contributed by atoms with van der Waals surface area (Å²) in [7, 11) is 0. The molecule has 0 heteroatoms. The minimum Gasteiger partial charge on any atom is -0.0885 e. The van der Waals surface area contributed by atoms with Crippen molar-refractivity contribution in [2.75, 3.05) is 0 Å². The summed E-state index contributed by atoms with van der Waals surface area (Å²) < 4.78 is 0. The lowest BCUT2D eigenvalue weighted by atomic mass is 10.1. The second-order valence-corrected chi connectivity index (χ2v) is 3.57. The zero-order valence-corrected chi connectivity index (χ0v) is 8.86. The average Bonchev–Trinajstić information content (AvgIpc) is 2.22. The van der Waals surface area contributed by atoms with E-state index in [9.17, 15) is 0 Å². The molecule has 1 aliphatic carbocycles. The van der Waals surface area contributed by atoms with Gasteiger partial charge >= 0.3 is 0 Å². The maximum Gasteiger partial charge on any atom is -0.0313 e. The lowest BCUT2D eigenvalue weighted by Gasteiger charge is -1.93. The summed E-state index contributed by atoms with van der Waals surface area (Å²) in [5, 5.41) is 0. The van der Waals surface area contributed by atoms with Gasteiger partial charge in [-0.25, -0.2) is 0 Å². The second-order valence-electron chi connectivity index (χ2n) is 3.57. The summed E-state index contributed by atoms with van der Waals surface area (Å²) >= 11 is 0. The van der Waals surface area contributed by atoms with Crippen molar-refractivity contribution in [2.24, 2.45) is 0 Å². The molecule has 0 aromatic rings. The first kappa shape index (κ1) is 11.0. The van der Waals surface area contributed by atoms with E-state index in [-0.39, 0.29) is 0 Å². The fourth-order valence-corrected chi connectivity index (χ4v) is 1.43. The van der Waals surface area contributed by atoms with Crippen LogP contribution in [0.4, 0.5) is 0 Å². The molecule has 0 atom stereocenters. The number of allylic oxidation sites excluding steroid dienone is 8. The molecule has 0 spiro atoms. The predicted molar refractivity (Wildman–Crippen MR) is 64.3 cm³/mol. The van der Waals surface area contributed by atoms with Crippen LogP contribution in [0.2, 0.25) is 0 Å². The van der Waals surface area contributed by atoms with Crippen LogP contribution >= 0.6 is 0 Å². The van der Waals surface area contributed by atoms with Gasteiger partial charge in [0.25, 0.3) is 0 Å². The molecule has 0 bridgehead atoms. The zero-order chi connectivity index (χ0) is 9.90. The van der Waals surface area contributed by atoms with E-state index in [4.69, 9.17) is 0 Å². The van der Waals surface area contributed by atoms with Gasteiger partial charge in [0.1, 0.15) is 0 Å². The van der Waals surface area contributed by atoms with Crippen LogP contribution in [-0.2, 0) is 0 Å². The molecule has 0 aromatic carbocycles. The summed E-state index contributed by atoms with van der Waals surface area (Å²) in [5.74, 6) is 0. The predicted octanol–water partition coefficient (Wildman–Crippen LogP) is 4.57. The third-order valence-electron chi connectivity index (χ3n) is 2.26. The molecule has 0 saturated carbocycles. The molecule has 0 unspecified atom stereocenters. The minimum atomic E-state index is 1.16. The van der Waals surface area contributed by atoms with E-state index in [1.807, 2.05) is 0 Å². The number of rotatable bonds is 0. The molecule has 76 valence electrons. The summed E-state index contributed by atoms with van der Waals surface area (Å²) in [6.07, 6.45) is 25.0. The SMILES string of the molecule is C1=C\CC/C=C\CCCC/C=C/C=C/1. The normalized spacial score (nSPS) is 28.6. The molecule has 0 aliphatic heterocycles. The summed E-state index contributed by atoms with van der Waals surface area (Å²) in [6.45, 7) is 0. The standard InChI is InChI=1S/C14H20/c1-2-4-6-8-10-12-14-13-11-9-7-5-3-1/h1-6,11,13H,7-10,12,14H2/b2-1+,5-3-,6-4+,13-11-. The molecule has 14 heavy (non-hydrogen) atoms. The van der Waals surface area contributed by atoms with Crippen LogP contribution in [0.1, 0.15) is 38.5 Å². The van der Waals surface area contributed by atoms with Crippen LogP contribution in [0.25, 0.3) is 0 Å². The Morgan fingerprint density at radius 1 is 0.429 bits per heavy atom. The second kappa shape index (κ2) is 8.55. The fourth-order valence-electron chi connectivity index (χ4n) is 1.43. The van der Waals surface area contributed by atoms with Gasteiger partial charge in [0.05, 0.1) is 0 Å². The van der Waals surface area contributed by atoms with Gasteiger partial charge in [0.15, 0.2) is 0 Å². The highest BCUT2D eigenvalue weighted by Crippen LogP contribution is 2.03. The maximum atomic E-state index is 2.32. The molecule has 0 amide bonds. The molecule has 1 rings (SSSR count). The van der Waals surface area contributed by atoms with Crippen molar-refractivity contribution < 1.29 is 0 Å². The van der Waals surface area contributed by atoms with E-state index in [1.54, 1.807) is 0 Å². The maximum absolute atomic E-state index is 2.32. The summed E-state index contributed by atoms with van der Waals surface area (Å²) in [4.78, 5) is 0. The van der Waals surface area contributed by atoms with Crippen LogP contribution in [-0.4, -0.2) is 0 Å². The molecule has 0 saturated heterocycles. The van der Waals surface area contributed by atoms with Gasteiger partial charge in [-0.2, -0.15) is 0 Å². The largest absolute Gasteiger partial charge is 0.0885 e. The van der Waals surface area contributed by atoms with Crippen molar-refractivity contribution in [3.05, 3.63) is 48.6 Å². The Balaban J connectivity index is 2.35. The fraction of sp³-hybridized carbons (Fsp3) is 0.429. The zero-order valence-electron chi connectivity index (χ0n) is 8.86. The molecule has 0 N–H and O–H groups in total. The number of hydrogen-bond acceptors (Lipinski definition) is 0. The highest BCUT2D eigenvalue weighted by molar-refractivity contribution is 5.11. The Morgan fingerprint density at radius 3 is 1.71 bits per heavy atom. The minimum absolute atomic E-state index is 1.16. The van der Waals surface area contributed by atoms with Crippen molar-refractivity contribution in [2.45, 2.75) is 38.5 Å². The molecule has 1 aliphatic rings. The number of hydrogen-bond donors (Lipinski definition) is 0. The van der Waals surface area contributed by atoms with Crippen LogP contribution in [0.5, 0.6) is 0 Å². The highest BCUT2D eigenvalue weighted by Gasteiger charge is 1.83. The van der Waals surface area contributed by atoms with Gasteiger partial charge in [-0.1, -0.05) is 48.6 Å². The van der Waals surface area contributed by atoms with E-state index >= 15 is 0 Å². The molecular weight excluding hydrogens is 168 g/mol. The molecule has 0 aromatic heterocycles. The third-order valence-corrected chi connectivity index (χ3v) is 2.26. The van der Waals surface area contributed by atoms with Crippen LogP contribution in [0.15, 0.2) is 48.6 Å². The van der Waals surface area contributed by atoms with Crippen LogP contribution < -0.4 is 0 Å². The van der Waals surface area contributed by atoms with Crippen molar-refractivity contribution in [1.29, 1.82) is 0 Å². The van der Waals surface area contributed by atoms with Gasteiger partial charge in [-0.15, -0.1) is 0 Å². The van der Waals surface area contributed by atoms with Gasteiger partial charge in [0, 0.05) is 0 Å². The Bertz CT molecular complexity index is 228. The summed E-state index contributed by atoms with van der Waals surface area (Å²) in [5.41, 5.74) is 0. The molecule has 0 fully saturated rings. The van der Waals surface area contributed by atoms with E-state index < -0.39 is 0 Å². The quantitative estimate of drug-likeness (QED) is 0.489. The van der Waals surface area contributed by atoms with Gasteiger partial charge in [-0.05, 0) is 38.5 Å². The third kappa shape index (κ3) is 6.47. The smallest absolute Gasteiger partial charge is 0.0313 e. The molecule has 0 radical (unpaired) electrons. The highest BCUT2D eigenvalue weighted by atomic mass is 13.9. The van der Waals surface area contributed by atoms with Gasteiger partial charge < -0.3 is 0 Å². The van der Waals surface area contributed by atoms with E-state index in [0.29, 0.717) is 0 Å². The topological polar surface area (TPSA) is 0 Å². The van der Waals surface area contributed by atoms with Crippen LogP contribution in [0.3, 0.4) is 0 Å². The van der Waals surface area contributed by atoms with Crippen LogP contribution in [0, 0.1) is 0 Å². The summed E-state index contributed by atoms with van der Waals surface area (Å²) in [6, 6.07) is 0. The van der Waals surface area contributed by atoms with E-state index in [2.05, 4.69) is 48.6 Å². The Kier molecular flexibility index (Phi) is 6.74. The average molecular weight is 188 g/mol. The van der Waals surface area contributed by atoms with Gasteiger partial charge in [0.2, 0.25) is 0 Å². The monoisotopic (exact) mass is 188 g/mol. The first-order chi connectivity index (χ1) is 7.00. The molecule has 0 heterocycles. The Morgan fingerprint density at radius 2 is 0.929 bits per heavy atom.